The Morgan fingerprint density at radius 3 is 2.81 bits per heavy atom. The zero-order valence-electron chi connectivity index (χ0n) is 17.4. The summed E-state index contributed by atoms with van der Waals surface area (Å²) < 4.78 is 21.1. The fraction of sp³-hybridized carbons (Fsp3) is 0.348. The van der Waals surface area contributed by atoms with Crippen LogP contribution in [-0.2, 0) is 18.2 Å². The molecule has 4 rings (SSSR count). The first kappa shape index (κ1) is 21.5. The zero-order valence-corrected chi connectivity index (χ0v) is 18.2. The SMILES string of the molecule is Cn1c(CCNC(=O)c2cccc(-c3cccc(F)c3)c2)nnc1SC[C@H]1CCCO1. The lowest BCUT2D eigenvalue weighted by molar-refractivity contribution is 0.0954. The number of halogens is 1. The second kappa shape index (κ2) is 10.1. The van der Waals surface area contributed by atoms with E-state index in [0.717, 1.165) is 47.3 Å². The third kappa shape index (κ3) is 5.51. The molecule has 162 valence electrons. The van der Waals surface area contributed by atoms with E-state index in [4.69, 9.17) is 4.74 Å². The number of hydrogen-bond acceptors (Lipinski definition) is 5. The van der Waals surface area contributed by atoms with Crippen molar-refractivity contribution in [2.45, 2.75) is 30.5 Å². The molecule has 0 spiro atoms. The van der Waals surface area contributed by atoms with Crippen LogP contribution in [0.2, 0.25) is 0 Å². The normalized spacial score (nSPS) is 15.9. The summed E-state index contributed by atoms with van der Waals surface area (Å²) in [4.78, 5) is 12.6. The number of thioether (sulfide) groups is 1. The van der Waals surface area contributed by atoms with Gasteiger partial charge in [-0.2, -0.15) is 0 Å². The van der Waals surface area contributed by atoms with Crippen LogP contribution >= 0.6 is 11.8 Å². The summed E-state index contributed by atoms with van der Waals surface area (Å²) in [5.74, 6) is 1.23. The average molecular weight is 441 g/mol. The first-order valence-electron chi connectivity index (χ1n) is 10.4. The molecule has 0 aliphatic carbocycles. The number of nitrogens with one attached hydrogen (secondary N) is 1. The Morgan fingerprint density at radius 2 is 2.03 bits per heavy atom. The van der Waals surface area contributed by atoms with Crippen LogP contribution in [0, 0.1) is 5.82 Å². The van der Waals surface area contributed by atoms with Gasteiger partial charge in [0.1, 0.15) is 11.6 Å². The van der Waals surface area contributed by atoms with E-state index in [1.165, 1.54) is 12.1 Å². The number of hydrogen-bond donors (Lipinski definition) is 1. The molecule has 1 fully saturated rings. The number of carbonyl (C=O) groups is 1. The molecule has 2 heterocycles. The molecule has 6 nitrogen and oxygen atoms in total. The van der Waals surface area contributed by atoms with Crippen molar-refractivity contribution in [1.82, 2.24) is 20.1 Å². The molecule has 0 saturated carbocycles. The molecule has 1 atom stereocenters. The predicted octanol–water partition coefficient (Wildman–Crippen LogP) is 3.86. The first-order valence-corrected chi connectivity index (χ1v) is 11.4. The molecule has 3 aromatic rings. The predicted molar refractivity (Wildman–Crippen MR) is 119 cm³/mol. The minimum absolute atomic E-state index is 0.173. The van der Waals surface area contributed by atoms with Gasteiger partial charge < -0.3 is 14.6 Å². The highest BCUT2D eigenvalue weighted by atomic mass is 32.2. The van der Waals surface area contributed by atoms with Crippen LogP contribution in [0.15, 0.2) is 53.7 Å². The van der Waals surface area contributed by atoms with Crippen LogP contribution in [0.25, 0.3) is 11.1 Å². The molecule has 1 aromatic heterocycles. The first-order chi connectivity index (χ1) is 15.1. The summed E-state index contributed by atoms with van der Waals surface area (Å²) in [6.07, 6.45) is 3.11. The number of rotatable bonds is 8. The number of ether oxygens (including phenoxy) is 1. The zero-order chi connectivity index (χ0) is 21.6. The van der Waals surface area contributed by atoms with Gasteiger partial charge in [-0.3, -0.25) is 4.79 Å². The number of aromatic nitrogens is 3. The Hall–Kier alpha value is -2.71. The largest absolute Gasteiger partial charge is 0.377 e. The van der Waals surface area contributed by atoms with Crippen molar-refractivity contribution in [3.05, 3.63) is 65.7 Å². The maximum Gasteiger partial charge on any atom is 0.251 e. The van der Waals surface area contributed by atoms with Gasteiger partial charge in [0.25, 0.3) is 5.91 Å². The van der Waals surface area contributed by atoms with Crippen LogP contribution in [0.3, 0.4) is 0 Å². The second-order valence-electron chi connectivity index (χ2n) is 7.50. The van der Waals surface area contributed by atoms with Gasteiger partial charge in [0.2, 0.25) is 0 Å². The van der Waals surface area contributed by atoms with Crippen LogP contribution in [0.5, 0.6) is 0 Å². The van der Waals surface area contributed by atoms with E-state index in [9.17, 15) is 9.18 Å². The number of benzene rings is 2. The van der Waals surface area contributed by atoms with Gasteiger partial charge in [0, 0.05) is 37.9 Å². The molecular weight excluding hydrogens is 415 g/mol. The molecular formula is C23H25FN4O2S. The van der Waals surface area contributed by atoms with Gasteiger partial charge in [0.15, 0.2) is 5.16 Å². The summed E-state index contributed by atoms with van der Waals surface area (Å²) in [5.41, 5.74) is 2.07. The Labute approximate surface area is 185 Å². The molecule has 8 heteroatoms. The molecule has 0 bridgehead atoms. The van der Waals surface area contributed by atoms with Gasteiger partial charge in [-0.25, -0.2) is 4.39 Å². The van der Waals surface area contributed by atoms with E-state index in [1.54, 1.807) is 36.0 Å². The Bertz CT molecular complexity index is 1050. The fourth-order valence-electron chi connectivity index (χ4n) is 3.53. The van der Waals surface area contributed by atoms with E-state index >= 15 is 0 Å². The molecule has 0 radical (unpaired) electrons. The number of carbonyl (C=O) groups excluding carboxylic acids is 1. The highest BCUT2D eigenvalue weighted by Gasteiger charge is 2.18. The Morgan fingerprint density at radius 1 is 1.23 bits per heavy atom. The van der Waals surface area contributed by atoms with Gasteiger partial charge in [-0.15, -0.1) is 10.2 Å². The summed E-state index contributed by atoms with van der Waals surface area (Å²) in [6.45, 7) is 1.30. The summed E-state index contributed by atoms with van der Waals surface area (Å²) in [5, 5.41) is 12.3. The van der Waals surface area contributed by atoms with Crippen molar-refractivity contribution in [1.29, 1.82) is 0 Å². The lowest BCUT2D eigenvalue weighted by Gasteiger charge is -2.09. The highest BCUT2D eigenvalue weighted by molar-refractivity contribution is 7.99. The van der Waals surface area contributed by atoms with Crippen molar-refractivity contribution in [2.24, 2.45) is 7.05 Å². The van der Waals surface area contributed by atoms with Crippen molar-refractivity contribution in [2.75, 3.05) is 18.9 Å². The lowest BCUT2D eigenvalue weighted by atomic mass is 10.0. The minimum Gasteiger partial charge on any atom is -0.377 e. The summed E-state index contributed by atoms with van der Waals surface area (Å²) in [6, 6.07) is 13.5. The van der Waals surface area contributed by atoms with E-state index in [2.05, 4.69) is 15.5 Å². The Kier molecular flexibility index (Phi) is 6.99. The topological polar surface area (TPSA) is 69.0 Å². The van der Waals surface area contributed by atoms with Gasteiger partial charge >= 0.3 is 0 Å². The van der Waals surface area contributed by atoms with Gasteiger partial charge in [-0.05, 0) is 48.2 Å². The Balaban J connectivity index is 1.31. The third-order valence-corrected chi connectivity index (χ3v) is 6.42. The second-order valence-corrected chi connectivity index (χ2v) is 8.49. The quantitative estimate of drug-likeness (QED) is 0.539. The van der Waals surface area contributed by atoms with Crippen LogP contribution < -0.4 is 5.32 Å². The molecule has 1 N–H and O–H groups in total. The van der Waals surface area contributed by atoms with Crippen LogP contribution in [0.4, 0.5) is 4.39 Å². The van der Waals surface area contributed by atoms with Crippen LogP contribution in [0.1, 0.15) is 29.0 Å². The van der Waals surface area contributed by atoms with Crippen molar-refractivity contribution < 1.29 is 13.9 Å². The molecule has 0 unspecified atom stereocenters. The summed E-state index contributed by atoms with van der Waals surface area (Å²) in [7, 11) is 1.94. The molecule has 31 heavy (non-hydrogen) atoms. The van der Waals surface area contributed by atoms with E-state index in [-0.39, 0.29) is 11.7 Å². The van der Waals surface area contributed by atoms with Crippen molar-refractivity contribution in [3.63, 3.8) is 0 Å². The van der Waals surface area contributed by atoms with Gasteiger partial charge in [-0.1, -0.05) is 36.0 Å². The maximum atomic E-state index is 13.5. The van der Waals surface area contributed by atoms with E-state index < -0.39 is 0 Å². The summed E-state index contributed by atoms with van der Waals surface area (Å²) >= 11 is 1.65. The standard InChI is InChI=1S/C23H25FN4O2S/c1-28-21(26-27-23(28)31-15-20-9-4-12-30-20)10-11-25-22(29)18-7-2-5-16(13-18)17-6-3-8-19(24)14-17/h2-3,5-8,13-14,20H,4,9-12,15H2,1H3,(H,25,29)/t20-/m1/s1. The number of nitrogens with zero attached hydrogens (tertiary/aromatic N) is 3. The molecule has 2 aromatic carbocycles. The monoisotopic (exact) mass is 440 g/mol. The molecule has 1 saturated heterocycles. The third-order valence-electron chi connectivity index (χ3n) is 5.26. The van der Waals surface area contributed by atoms with Crippen molar-refractivity contribution in [3.8, 4) is 11.1 Å². The molecule has 1 aliphatic heterocycles. The smallest absolute Gasteiger partial charge is 0.251 e. The van der Waals surface area contributed by atoms with E-state index in [1.807, 2.05) is 23.7 Å². The fourth-order valence-corrected chi connectivity index (χ4v) is 4.53. The maximum absolute atomic E-state index is 13.5. The minimum atomic E-state index is -0.302. The van der Waals surface area contributed by atoms with E-state index in [0.29, 0.717) is 24.6 Å². The molecule has 1 aliphatic rings. The number of amides is 1. The van der Waals surface area contributed by atoms with Gasteiger partial charge in [0.05, 0.1) is 6.10 Å². The lowest BCUT2D eigenvalue weighted by Crippen LogP contribution is -2.26. The average Bonchev–Trinajstić information content (AvgIpc) is 3.42. The highest BCUT2D eigenvalue weighted by Crippen LogP contribution is 2.23. The van der Waals surface area contributed by atoms with Crippen molar-refractivity contribution >= 4 is 17.7 Å². The van der Waals surface area contributed by atoms with Crippen LogP contribution in [-0.4, -0.2) is 45.7 Å². The molecule has 1 amide bonds.